The minimum atomic E-state index is -0.358. The number of benzene rings is 2. The summed E-state index contributed by atoms with van der Waals surface area (Å²) in [4.78, 5) is 2.45. The minimum absolute atomic E-state index is 0.358. The summed E-state index contributed by atoms with van der Waals surface area (Å²) in [5.41, 5.74) is 5.28. The number of rotatable bonds is 5. The van der Waals surface area contributed by atoms with Crippen LogP contribution in [0.15, 0.2) is 48.5 Å². The molecule has 2 heteroatoms. The van der Waals surface area contributed by atoms with E-state index >= 15 is 0 Å². The van der Waals surface area contributed by atoms with E-state index in [0.29, 0.717) is 0 Å². The molecule has 0 amide bonds. The second-order valence-corrected chi connectivity index (χ2v) is 6.19. The lowest BCUT2D eigenvalue weighted by Gasteiger charge is -2.29. The van der Waals surface area contributed by atoms with Gasteiger partial charge in [-0.3, -0.25) is 4.90 Å². The van der Waals surface area contributed by atoms with Gasteiger partial charge in [0.25, 0.3) is 0 Å². The molecule has 0 radical (unpaired) electrons. The van der Waals surface area contributed by atoms with Crippen molar-refractivity contribution in [2.45, 2.75) is 38.8 Å². The molecule has 22 heavy (non-hydrogen) atoms. The molecule has 1 unspecified atom stereocenters. The minimum Gasteiger partial charge on any atom is -0.388 e. The van der Waals surface area contributed by atoms with Crippen molar-refractivity contribution in [1.29, 1.82) is 0 Å². The summed E-state index contributed by atoms with van der Waals surface area (Å²) in [7, 11) is 0. The highest BCUT2D eigenvalue weighted by molar-refractivity contribution is 5.29. The average molecular weight is 295 g/mol. The van der Waals surface area contributed by atoms with Gasteiger partial charge in [0.05, 0.1) is 6.10 Å². The van der Waals surface area contributed by atoms with Crippen molar-refractivity contribution in [3.8, 4) is 0 Å². The van der Waals surface area contributed by atoms with E-state index in [1.807, 2.05) is 0 Å². The van der Waals surface area contributed by atoms with E-state index < -0.39 is 0 Å². The van der Waals surface area contributed by atoms with Crippen LogP contribution in [0.1, 0.15) is 41.7 Å². The molecule has 1 heterocycles. The van der Waals surface area contributed by atoms with E-state index in [0.717, 1.165) is 44.5 Å². The topological polar surface area (TPSA) is 23.5 Å². The van der Waals surface area contributed by atoms with Crippen LogP contribution >= 0.6 is 0 Å². The third-order valence-corrected chi connectivity index (χ3v) is 4.70. The Morgan fingerprint density at radius 1 is 1.05 bits per heavy atom. The molecule has 2 nitrogen and oxygen atoms in total. The van der Waals surface area contributed by atoms with Gasteiger partial charge in [-0.2, -0.15) is 0 Å². The van der Waals surface area contributed by atoms with Crippen LogP contribution in [-0.4, -0.2) is 23.1 Å². The largest absolute Gasteiger partial charge is 0.388 e. The Balaban J connectivity index is 1.54. The van der Waals surface area contributed by atoms with Crippen molar-refractivity contribution in [3.05, 3.63) is 70.8 Å². The van der Waals surface area contributed by atoms with Gasteiger partial charge in [-0.15, -0.1) is 0 Å². The number of aliphatic hydroxyl groups excluding tert-OH is 1. The number of aliphatic hydroxyl groups is 1. The molecular formula is C20H25NO. The van der Waals surface area contributed by atoms with Crippen molar-refractivity contribution in [1.82, 2.24) is 4.90 Å². The summed E-state index contributed by atoms with van der Waals surface area (Å²) < 4.78 is 0. The third-order valence-electron chi connectivity index (χ3n) is 4.70. The van der Waals surface area contributed by atoms with Crippen LogP contribution < -0.4 is 0 Å². The molecule has 0 saturated carbocycles. The first-order chi connectivity index (χ1) is 10.8. The van der Waals surface area contributed by atoms with Crippen LogP contribution in [0.3, 0.4) is 0 Å². The number of fused-ring (bicyclic) bond motifs is 1. The van der Waals surface area contributed by atoms with E-state index in [4.69, 9.17) is 0 Å². The predicted molar refractivity (Wildman–Crippen MR) is 90.8 cm³/mol. The molecule has 1 N–H and O–H groups in total. The lowest BCUT2D eigenvalue weighted by Crippen LogP contribution is -2.32. The zero-order chi connectivity index (χ0) is 15.4. The van der Waals surface area contributed by atoms with Crippen LogP contribution in [0.25, 0.3) is 0 Å². The Morgan fingerprint density at radius 2 is 1.77 bits per heavy atom. The Hall–Kier alpha value is -1.64. The average Bonchev–Trinajstić information content (AvgIpc) is 2.59. The molecule has 3 rings (SSSR count). The van der Waals surface area contributed by atoms with Gasteiger partial charge in [0, 0.05) is 19.6 Å². The normalized spacial score (nSPS) is 16.3. The Bertz CT molecular complexity index is 605. The first kappa shape index (κ1) is 15.3. The zero-order valence-corrected chi connectivity index (χ0v) is 13.3. The fourth-order valence-electron chi connectivity index (χ4n) is 3.19. The van der Waals surface area contributed by atoms with Crippen LogP contribution in [0.4, 0.5) is 0 Å². The van der Waals surface area contributed by atoms with Crippen LogP contribution in [0.5, 0.6) is 0 Å². The van der Waals surface area contributed by atoms with Crippen molar-refractivity contribution in [2.24, 2.45) is 0 Å². The van der Waals surface area contributed by atoms with Gasteiger partial charge in [0.15, 0.2) is 0 Å². The molecule has 0 aliphatic carbocycles. The van der Waals surface area contributed by atoms with E-state index in [-0.39, 0.29) is 6.10 Å². The SMILES string of the molecule is CCc1ccc(C(O)CCN2CCc3ccccc3C2)cc1. The monoisotopic (exact) mass is 295 g/mol. The molecule has 1 aliphatic heterocycles. The number of hydrogen-bond acceptors (Lipinski definition) is 2. The molecule has 0 aromatic heterocycles. The highest BCUT2D eigenvalue weighted by Gasteiger charge is 2.17. The quantitative estimate of drug-likeness (QED) is 0.908. The highest BCUT2D eigenvalue weighted by atomic mass is 16.3. The van der Waals surface area contributed by atoms with Crippen molar-refractivity contribution in [2.75, 3.05) is 13.1 Å². The van der Waals surface area contributed by atoms with E-state index in [2.05, 4.69) is 60.4 Å². The Labute approximate surface area is 133 Å². The van der Waals surface area contributed by atoms with Crippen LogP contribution in [0.2, 0.25) is 0 Å². The maximum atomic E-state index is 10.4. The predicted octanol–water partition coefficient (Wildman–Crippen LogP) is 3.73. The van der Waals surface area contributed by atoms with Gasteiger partial charge in [-0.1, -0.05) is 55.5 Å². The van der Waals surface area contributed by atoms with Crippen LogP contribution in [-0.2, 0) is 19.4 Å². The molecule has 1 atom stereocenters. The second kappa shape index (κ2) is 7.08. The molecule has 0 saturated heterocycles. The maximum Gasteiger partial charge on any atom is 0.0802 e. The second-order valence-electron chi connectivity index (χ2n) is 6.19. The van der Waals surface area contributed by atoms with Gasteiger partial charge in [-0.25, -0.2) is 0 Å². The summed E-state index contributed by atoms with van der Waals surface area (Å²) in [5.74, 6) is 0. The highest BCUT2D eigenvalue weighted by Crippen LogP contribution is 2.22. The van der Waals surface area contributed by atoms with Crippen molar-refractivity contribution < 1.29 is 5.11 Å². The summed E-state index contributed by atoms with van der Waals surface area (Å²) in [5, 5.41) is 10.4. The van der Waals surface area contributed by atoms with Crippen LogP contribution in [0, 0.1) is 0 Å². The van der Waals surface area contributed by atoms with Gasteiger partial charge >= 0.3 is 0 Å². The first-order valence-corrected chi connectivity index (χ1v) is 8.32. The summed E-state index contributed by atoms with van der Waals surface area (Å²) in [6.45, 7) is 5.21. The lowest BCUT2D eigenvalue weighted by molar-refractivity contribution is 0.137. The molecule has 0 fully saturated rings. The smallest absolute Gasteiger partial charge is 0.0802 e. The first-order valence-electron chi connectivity index (χ1n) is 8.32. The number of nitrogens with zero attached hydrogens (tertiary/aromatic N) is 1. The van der Waals surface area contributed by atoms with Gasteiger partial charge in [-0.05, 0) is 41.5 Å². The standard InChI is InChI=1S/C20H25NO/c1-2-16-7-9-18(10-8-16)20(22)12-14-21-13-11-17-5-3-4-6-19(17)15-21/h3-10,20,22H,2,11-15H2,1H3. The lowest BCUT2D eigenvalue weighted by atomic mass is 9.99. The van der Waals surface area contributed by atoms with Gasteiger partial charge in [0.1, 0.15) is 0 Å². The van der Waals surface area contributed by atoms with Gasteiger partial charge in [0.2, 0.25) is 0 Å². The molecule has 2 aromatic carbocycles. The summed E-state index contributed by atoms with van der Waals surface area (Å²) in [6.07, 6.45) is 2.61. The molecule has 116 valence electrons. The third kappa shape index (κ3) is 3.57. The maximum absolute atomic E-state index is 10.4. The van der Waals surface area contributed by atoms with E-state index in [1.165, 1.54) is 16.7 Å². The van der Waals surface area contributed by atoms with E-state index in [9.17, 15) is 5.11 Å². The number of aryl methyl sites for hydroxylation is 1. The molecule has 2 aromatic rings. The Kier molecular flexibility index (Phi) is 4.91. The number of hydrogen-bond donors (Lipinski definition) is 1. The molecular weight excluding hydrogens is 270 g/mol. The van der Waals surface area contributed by atoms with Crippen molar-refractivity contribution >= 4 is 0 Å². The van der Waals surface area contributed by atoms with Gasteiger partial charge < -0.3 is 5.11 Å². The summed E-state index contributed by atoms with van der Waals surface area (Å²) in [6, 6.07) is 17.1. The fraction of sp³-hybridized carbons (Fsp3) is 0.400. The van der Waals surface area contributed by atoms with E-state index in [1.54, 1.807) is 0 Å². The zero-order valence-electron chi connectivity index (χ0n) is 13.3. The fourth-order valence-corrected chi connectivity index (χ4v) is 3.19. The molecule has 0 spiro atoms. The molecule has 1 aliphatic rings. The Morgan fingerprint density at radius 3 is 2.50 bits per heavy atom. The van der Waals surface area contributed by atoms with Crippen molar-refractivity contribution in [3.63, 3.8) is 0 Å². The summed E-state index contributed by atoms with van der Waals surface area (Å²) >= 11 is 0. The molecule has 0 bridgehead atoms.